The molecule has 2 rings (SSSR count). The van der Waals surface area contributed by atoms with Gasteiger partial charge in [0.1, 0.15) is 5.82 Å². The number of carbonyl (C=O) groups excluding carboxylic acids is 1. The Morgan fingerprint density at radius 1 is 1.10 bits per heavy atom. The summed E-state index contributed by atoms with van der Waals surface area (Å²) < 4.78 is 39.4. The SMILES string of the molecule is Nc1cc(Cl)cc(C(=O)Nc2cc(F)cc(F)c2F)c1. The van der Waals surface area contributed by atoms with Crippen molar-refractivity contribution in [3.63, 3.8) is 0 Å². The van der Waals surface area contributed by atoms with Gasteiger partial charge in [-0.15, -0.1) is 0 Å². The van der Waals surface area contributed by atoms with Crippen LogP contribution in [0.3, 0.4) is 0 Å². The molecule has 20 heavy (non-hydrogen) atoms. The Labute approximate surface area is 117 Å². The van der Waals surface area contributed by atoms with Gasteiger partial charge in [-0.25, -0.2) is 13.2 Å². The number of carbonyl (C=O) groups is 1. The van der Waals surface area contributed by atoms with Gasteiger partial charge in [0.15, 0.2) is 11.6 Å². The van der Waals surface area contributed by atoms with Gasteiger partial charge in [-0.2, -0.15) is 0 Å². The molecule has 104 valence electrons. The zero-order valence-electron chi connectivity index (χ0n) is 9.88. The van der Waals surface area contributed by atoms with Gasteiger partial charge in [-0.3, -0.25) is 4.79 Å². The fraction of sp³-hybridized carbons (Fsp3) is 0. The quantitative estimate of drug-likeness (QED) is 0.658. The molecule has 0 aliphatic heterocycles. The van der Waals surface area contributed by atoms with E-state index >= 15 is 0 Å². The zero-order valence-corrected chi connectivity index (χ0v) is 10.6. The smallest absolute Gasteiger partial charge is 0.255 e. The molecule has 2 aromatic carbocycles. The molecule has 3 nitrogen and oxygen atoms in total. The van der Waals surface area contributed by atoms with E-state index in [9.17, 15) is 18.0 Å². The lowest BCUT2D eigenvalue weighted by Crippen LogP contribution is -2.14. The number of nitrogens with two attached hydrogens (primary N) is 1. The van der Waals surface area contributed by atoms with Crippen molar-refractivity contribution in [2.24, 2.45) is 0 Å². The second-order valence-electron chi connectivity index (χ2n) is 3.98. The van der Waals surface area contributed by atoms with Gasteiger partial charge < -0.3 is 11.1 Å². The fourth-order valence-electron chi connectivity index (χ4n) is 1.58. The lowest BCUT2D eigenvalue weighted by atomic mass is 10.2. The number of halogens is 4. The van der Waals surface area contributed by atoms with Crippen LogP contribution >= 0.6 is 11.6 Å². The summed E-state index contributed by atoms with van der Waals surface area (Å²) in [4.78, 5) is 11.9. The van der Waals surface area contributed by atoms with Crippen LogP contribution in [0.25, 0.3) is 0 Å². The molecule has 2 aromatic rings. The predicted molar refractivity (Wildman–Crippen MR) is 70.1 cm³/mol. The average molecular weight is 301 g/mol. The molecule has 0 saturated carbocycles. The minimum absolute atomic E-state index is 0.0408. The highest BCUT2D eigenvalue weighted by atomic mass is 35.5. The molecule has 3 N–H and O–H groups in total. The number of rotatable bonds is 2. The standard InChI is InChI=1S/C13H8ClF3N2O/c14-7-1-6(2-9(18)3-7)13(20)19-11-5-8(15)4-10(16)12(11)17/h1-5H,18H2,(H,19,20). The third kappa shape index (κ3) is 3.03. The molecule has 0 atom stereocenters. The van der Waals surface area contributed by atoms with Crippen molar-refractivity contribution in [3.05, 3.63) is 58.4 Å². The van der Waals surface area contributed by atoms with E-state index in [0.717, 1.165) is 0 Å². The molecule has 0 aliphatic carbocycles. The van der Waals surface area contributed by atoms with Crippen molar-refractivity contribution < 1.29 is 18.0 Å². The minimum atomic E-state index is -1.40. The molecule has 0 aliphatic rings. The highest BCUT2D eigenvalue weighted by Crippen LogP contribution is 2.21. The summed E-state index contributed by atoms with van der Waals surface area (Å²) in [7, 11) is 0. The Bertz CT molecular complexity index is 671. The number of anilines is 2. The maximum Gasteiger partial charge on any atom is 0.255 e. The van der Waals surface area contributed by atoms with Crippen LogP contribution in [0.2, 0.25) is 5.02 Å². The van der Waals surface area contributed by atoms with Crippen molar-refractivity contribution in [2.75, 3.05) is 11.1 Å². The van der Waals surface area contributed by atoms with Crippen LogP contribution in [0.4, 0.5) is 24.5 Å². The van der Waals surface area contributed by atoms with Crippen molar-refractivity contribution in [3.8, 4) is 0 Å². The van der Waals surface area contributed by atoms with Crippen molar-refractivity contribution in [2.45, 2.75) is 0 Å². The topological polar surface area (TPSA) is 55.1 Å². The summed E-state index contributed by atoms with van der Waals surface area (Å²) in [6.07, 6.45) is 0. The third-order valence-corrected chi connectivity index (χ3v) is 2.64. The lowest BCUT2D eigenvalue weighted by molar-refractivity contribution is 0.102. The molecule has 0 heterocycles. The maximum absolute atomic E-state index is 13.4. The van der Waals surface area contributed by atoms with Gasteiger partial charge in [0.05, 0.1) is 5.69 Å². The summed E-state index contributed by atoms with van der Waals surface area (Å²) in [5.74, 6) is -4.55. The third-order valence-electron chi connectivity index (χ3n) is 2.42. The van der Waals surface area contributed by atoms with Crippen molar-refractivity contribution in [1.29, 1.82) is 0 Å². The maximum atomic E-state index is 13.4. The first-order valence-electron chi connectivity index (χ1n) is 5.39. The first-order valence-corrected chi connectivity index (χ1v) is 5.76. The zero-order chi connectivity index (χ0) is 14.9. The number of nitrogens with one attached hydrogen (secondary N) is 1. The van der Waals surface area contributed by atoms with Gasteiger partial charge in [0, 0.05) is 28.4 Å². The number of benzene rings is 2. The highest BCUT2D eigenvalue weighted by Gasteiger charge is 2.15. The van der Waals surface area contributed by atoms with E-state index < -0.39 is 29.0 Å². The normalized spacial score (nSPS) is 10.4. The van der Waals surface area contributed by atoms with Crippen LogP contribution < -0.4 is 11.1 Å². The lowest BCUT2D eigenvalue weighted by Gasteiger charge is -2.08. The summed E-state index contributed by atoms with van der Waals surface area (Å²) in [6.45, 7) is 0. The van der Waals surface area contributed by atoms with E-state index in [0.29, 0.717) is 12.1 Å². The summed E-state index contributed by atoms with van der Waals surface area (Å²) in [5.41, 5.74) is 5.18. The van der Waals surface area contributed by atoms with Gasteiger partial charge in [-0.1, -0.05) is 11.6 Å². The largest absolute Gasteiger partial charge is 0.399 e. The summed E-state index contributed by atoms with van der Waals surface area (Å²) >= 11 is 5.72. The highest BCUT2D eigenvalue weighted by molar-refractivity contribution is 6.31. The predicted octanol–water partition coefficient (Wildman–Crippen LogP) is 3.59. The van der Waals surface area contributed by atoms with Crippen LogP contribution in [-0.2, 0) is 0 Å². The number of hydrogen-bond acceptors (Lipinski definition) is 2. The second-order valence-corrected chi connectivity index (χ2v) is 4.41. The first kappa shape index (κ1) is 14.2. The van der Waals surface area contributed by atoms with Gasteiger partial charge >= 0.3 is 0 Å². The number of amides is 1. The molecule has 0 saturated heterocycles. The molecule has 0 bridgehead atoms. The summed E-state index contributed by atoms with van der Waals surface area (Å²) in [6, 6.07) is 5.06. The van der Waals surface area contributed by atoms with E-state index in [1.165, 1.54) is 18.2 Å². The van der Waals surface area contributed by atoms with Crippen LogP contribution in [0, 0.1) is 17.5 Å². The fourth-order valence-corrected chi connectivity index (χ4v) is 1.83. The molecule has 1 amide bonds. The Morgan fingerprint density at radius 2 is 1.80 bits per heavy atom. The van der Waals surface area contributed by atoms with E-state index in [2.05, 4.69) is 5.32 Å². The Morgan fingerprint density at radius 3 is 2.45 bits per heavy atom. The van der Waals surface area contributed by atoms with Gasteiger partial charge in [0.25, 0.3) is 5.91 Å². The second kappa shape index (κ2) is 5.42. The Balaban J connectivity index is 2.32. The average Bonchev–Trinajstić information content (AvgIpc) is 2.34. The number of hydrogen-bond donors (Lipinski definition) is 2. The molecule has 7 heteroatoms. The minimum Gasteiger partial charge on any atom is -0.399 e. The van der Waals surface area contributed by atoms with E-state index in [1.807, 2.05) is 0 Å². The van der Waals surface area contributed by atoms with Crippen LogP contribution in [0.5, 0.6) is 0 Å². The monoisotopic (exact) mass is 300 g/mol. The van der Waals surface area contributed by atoms with Gasteiger partial charge in [-0.05, 0) is 18.2 Å². The van der Waals surface area contributed by atoms with Crippen molar-refractivity contribution in [1.82, 2.24) is 0 Å². The summed E-state index contributed by atoms with van der Waals surface area (Å²) in [5, 5.41) is 2.26. The van der Waals surface area contributed by atoms with Crippen LogP contribution in [0.15, 0.2) is 30.3 Å². The van der Waals surface area contributed by atoms with E-state index in [4.69, 9.17) is 17.3 Å². The van der Waals surface area contributed by atoms with E-state index in [-0.39, 0.29) is 16.3 Å². The molecule has 0 unspecified atom stereocenters. The molecule has 0 radical (unpaired) electrons. The molecule has 0 spiro atoms. The Kier molecular flexibility index (Phi) is 3.85. The van der Waals surface area contributed by atoms with Gasteiger partial charge in [0.2, 0.25) is 0 Å². The van der Waals surface area contributed by atoms with E-state index in [1.54, 1.807) is 0 Å². The molecule has 0 aromatic heterocycles. The number of nitrogen functional groups attached to an aromatic ring is 1. The molecular weight excluding hydrogens is 293 g/mol. The van der Waals surface area contributed by atoms with Crippen LogP contribution in [-0.4, -0.2) is 5.91 Å². The molecular formula is C13H8ClF3N2O. The Hall–Kier alpha value is -2.21. The van der Waals surface area contributed by atoms with Crippen molar-refractivity contribution >= 4 is 28.9 Å². The first-order chi connectivity index (χ1) is 9.36. The molecule has 0 fully saturated rings. The van der Waals surface area contributed by atoms with Crippen LogP contribution in [0.1, 0.15) is 10.4 Å².